The second kappa shape index (κ2) is 5.97. The molecular weight excluding hydrogens is 326 g/mol. The first kappa shape index (κ1) is 14.7. The fourth-order valence-corrected chi connectivity index (χ4v) is 3.59. The highest BCUT2D eigenvalue weighted by Crippen LogP contribution is 2.35. The Morgan fingerprint density at radius 3 is 2.58 bits per heavy atom. The number of fused-ring (bicyclic) bond motifs is 1. The third kappa shape index (κ3) is 2.50. The van der Waals surface area contributed by atoms with E-state index in [4.69, 9.17) is 0 Å². The zero-order chi connectivity index (χ0) is 16.5. The molecule has 2 heterocycles. The number of rotatable bonds is 3. The van der Waals surface area contributed by atoms with E-state index < -0.39 is 0 Å². The molecule has 8 heteroatoms. The predicted octanol–water partition coefficient (Wildman–Crippen LogP) is 3.38. The molecule has 24 heavy (non-hydrogen) atoms. The van der Waals surface area contributed by atoms with Crippen LogP contribution in [0.3, 0.4) is 0 Å². The fourth-order valence-electron chi connectivity index (χ4n) is 2.70. The Morgan fingerprint density at radius 2 is 1.79 bits per heavy atom. The average Bonchev–Trinajstić information content (AvgIpc) is 3.05. The standard InChI is InChI=1S/C16H13N5O2S/c22-21(23)14-9-5-4-8-13(14)19-10-20-15(12-6-2-1-3-7-12)17-18-16(20)24-11-19/h1-9H,10-11H2. The van der Waals surface area contributed by atoms with Crippen LogP contribution >= 0.6 is 11.8 Å². The molecule has 0 saturated heterocycles. The van der Waals surface area contributed by atoms with Crippen LogP contribution in [-0.4, -0.2) is 25.6 Å². The van der Waals surface area contributed by atoms with Gasteiger partial charge in [-0.1, -0.05) is 54.2 Å². The number of hydrogen-bond acceptors (Lipinski definition) is 6. The summed E-state index contributed by atoms with van der Waals surface area (Å²) < 4.78 is 1.99. The quantitative estimate of drug-likeness (QED) is 0.538. The van der Waals surface area contributed by atoms with E-state index in [0.717, 1.165) is 16.5 Å². The van der Waals surface area contributed by atoms with Crippen molar-refractivity contribution < 1.29 is 4.92 Å². The topological polar surface area (TPSA) is 77.1 Å². The van der Waals surface area contributed by atoms with Crippen LogP contribution in [0, 0.1) is 10.1 Å². The van der Waals surface area contributed by atoms with E-state index >= 15 is 0 Å². The number of benzene rings is 2. The van der Waals surface area contributed by atoms with Crippen LogP contribution in [-0.2, 0) is 6.67 Å². The predicted molar refractivity (Wildman–Crippen MR) is 91.8 cm³/mol. The lowest BCUT2D eigenvalue weighted by molar-refractivity contribution is -0.384. The number of aromatic nitrogens is 3. The molecule has 1 aliphatic rings. The maximum Gasteiger partial charge on any atom is 0.292 e. The molecule has 2 aromatic carbocycles. The Kier molecular flexibility index (Phi) is 3.66. The summed E-state index contributed by atoms with van der Waals surface area (Å²) in [6.45, 7) is 0.477. The maximum atomic E-state index is 11.3. The van der Waals surface area contributed by atoms with Gasteiger partial charge in [0.2, 0.25) is 0 Å². The van der Waals surface area contributed by atoms with Crippen molar-refractivity contribution in [1.82, 2.24) is 14.8 Å². The molecule has 0 radical (unpaired) electrons. The number of hydrogen-bond donors (Lipinski definition) is 0. The van der Waals surface area contributed by atoms with Crippen LogP contribution < -0.4 is 4.90 Å². The summed E-state index contributed by atoms with van der Waals surface area (Å²) in [5, 5.41) is 20.6. The minimum Gasteiger partial charge on any atom is -0.338 e. The van der Waals surface area contributed by atoms with Gasteiger partial charge in [-0.25, -0.2) is 0 Å². The van der Waals surface area contributed by atoms with Crippen molar-refractivity contribution >= 4 is 23.1 Å². The largest absolute Gasteiger partial charge is 0.338 e. The van der Waals surface area contributed by atoms with Crippen molar-refractivity contribution in [3.05, 3.63) is 64.7 Å². The van der Waals surface area contributed by atoms with Crippen LogP contribution in [0.4, 0.5) is 11.4 Å². The minimum absolute atomic E-state index is 0.107. The SMILES string of the molecule is O=[N+]([O-])c1ccccc1N1CSc2nnc(-c3ccccc3)n2C1. The summed E-state index contributed by atoms with van der Waals surface area (Å²) in [6, 6.07) is 16.6. The highest BCUT2D eigenvalue weighted by molar-refractivity contribution is 7.99. The van der Waals surface area contributed by atoms with Gasteiger partial charge in [0.1, 0.15) is 5.69 Å². The van der Waals surface area contributed by atoms with Gasteiger partial charge in [0.15, 0.2) is 11.0 Å². The van der Waals surface area contributed by atoms with Crippen molar-refractivity contribution in [3.8, 4) is 11.4 Å². The smallest absolute Gasteiger partial charge is 0.292 e. The molecule has 0 amide bonds. The van der Waals surface area contributed by atoms with E-state index in [9.17, 15) is 10.1 Å². The summed E-state index contributed by atoms with van der Waals surface area (Å²) in [5.41, 5.74) is 1.69. The summed E-state index contributed by atoms with van der Waals surface area (Å²) in [7, 11) is 0. The summed E-state index contributed by atoms with van der Waals surface area (Å²) in [6.07, 6.45) is 0. The molecule has 0 aliphatic carbocycles. The molecule has 0 fully saturated rings. The molecule has 1 aliphatic heterocycles. The number of nitro groups is 1. The molecule has 120 valence electrons. The van der Waals surface area contributed by atoms with Gasteiger partial charge in [0, 0.05) is 11.6 Å². The number of anilines is 1. The Bertz CT molecular complexity index is 896. The second-order valence-corrected chi connectivity index (χ2v) is 6.21. The fraction of sp³-hybridized carbons (Fsp3) is 0.125. The zero-order valence-corrected chi connectivity index (χ0v) is 13.4. The van der Waals surface area contributed by atoms with Gasteiger partial charge in [0.25, 0.3) is 5.69 Å². The summed E-state index contributed by atoms with van der Waals surface area (Å²) >= 11 is 1.52. The minimum atomic E-state index is -0.347. The highest BCUT2D eigenvalue weighted by Gasteiger charge is 2.26. The molecule has 0 unspecified atom stereocenters. The van der Waals surface area contributed by atoms with E-state index in [2.05, 4.69) is 10.2 Å². The van der Waals surface area contributed by atoms with E-state index in [1.165, 1.54) is 17.8 Å². The molecule has 3 aromatic rings. The van der Waals surface area contributed by atoms with Crippen molar-refractivity contribution in [1.29, 1.82) is 0 Å². The van der Waals surface area contributed by atoms with Crippen LogP contribution in [0.1, 0.15) is 0 Å². The summed E-state index contributed by atoms with van der Waals surface area (Å²) in [4.78, 5) is 12.9. The lowest BCUT2D eigenvalue weighted by atomic mass is 10.2. The highest BCUT2D eigenvalue weighted by atomic mass is 32.2. The van der Waals surface area contributed by atoms with Crippen LogP contribution in [0.5, 0.6) is 0 Å². The molecule has 0 atom stereocenters. The van der Waals surface area contributed by atoms with Gasteiger partial charge in [0.05, 0.1) is 17.5 Å². The van der Waals surface area contributed by atoms with Crippen LogP contribution in [0.15, 0.2) is 59.8 Å². The van der Waals surface area contributed by atoms with Crippen molar-refractivity contribution in [3.63, 3.8) is 0 Å². The zero-order valence-electron chi connectivity index (χ0n) is 12.6. The molecule has 7 nitrogen and oxygen atoms in total. The number of para-hydroxylation sites is 2. The average molecular weight is 339 g/mol. The third-order valence-corrected chi connectivity index (χ3v) is 4.83. The lowest BCUT2D eigenvalue weighted by Gasteiger charge is -2.29. The Hall–Kier alpha value is -2.87. The van der Waals surface area contributed by atoms with Crippen molar-refractivity contribution in [2.45, 2.75) is 11.8 Å². The van der Waals surface area contributed by atoms with E-state index in [1.54, 1.807) is 12.1 Å². The van der Waals surface area contributed by atoms with Gasteiger partial charge in [-0.15, -0.1) is 10.2 Å². The van der Waals surface area contributed by atoms with E-state index in [0.29, 0.717) is 18.2 Å². The normalized spacial score (nSPS) is 13.6. The Labute approximate surface area is 142 Å². The van der Waals surface area contributed by atoms with E-state index in [-0.39, 0.29) is 10.6 Å². The van der Waals surface area contributed by atoms with Gasteiger partial charge >= 0.3 is 0 Å². The monoisotopic (exact) mass is 339 g/mol. The number of nitrogens with zero attached hydrogens (tertiary/aromatic N) is 5. The summed E-state index contributed by atoms with van der Waals surface area (Å²) in [5.74, 6) is 1.36. The molecule has 0 saturated carbocycles. The Morgan fingerprint density at radius 1 is 1.04 bits per heavy atom. The maximum absolute atomic E-state index is 11.3. The van der Waals surface area contributed by atoms with Crippen LogP contribution in [0.25, 0.3) is 11.4 Å². The molecule has 1 aromatic heterocycles. The van der Waals surface area contributed by atoms with Gasteiger partial charge in [-0.3, -0.25) is 14.7 Å². The molecule has 0 N–H and O–H groups in total. The van der Waals surface area contributed by atoms with Gasteiger partial charge < -0.3 is 4.90 Å². The Balaban J connectivity index is 1.72. The first-order valence-electron chi connectivity index (χ1n) is 7.34. The lowest BCUT2D eigenvalue weighted by Crippen LogP contribution is -2.31. The van der Waals surface area contributed by atoms with Crippen molar-refractivity contribution in [2.24, 2.45) is 0 Å². The number of thioether (sulfide) groups is 1. The second-order valence-electron chi connectivity index (χ2n) is 5.30. The number of nitro benzene ring substituents is 1. The molecule has 4 rings (SSSR count). The molecular formula is C16H13N5O2S. The van der Waals surface area contributed by atoms with Crippen molar-refractivity contribution in [2.75, 3.05) is 10.8 Å². The van der Waals surface area contributed by atoms with Crippen LogP contribution in [0.2, 0.25) is 0 Å². The first-order chi connectivity index (χ1) is 11.7. The van der Waals surface area contributed by atoms with Gasteiger partial charge in [-0.05, 0) is 6.07 Å². The van der Waals surface area contributed by atoms with Gasteiger partial charge in [-0.2, -0.15) is 0 Å². The molecule has 0 spiro atoms. The van der Waals surface area contributed by atoms with E-state index in [1.807, 2.05) is 45.9 Å². The first-order valence-corrected chi connectivity index (χ1v) is 8.32. The third-order valence-electron chi connectivity index (χ3n) is 3.83. The molecule has 0 bridgehead atoms.